The number of nitrogens with one attached hydrogen (secondary N) is 1. The van der Waals surface area contributed by atoms with Gasteiger partial charge in [-0.15, -0.1) is 0 Å². The Morgan fingerprint density at radius 2 is 2.12 bits per heavy atom. The average molecular weight is 260 g/mol. The molecule has 96 valence electrons. The first kappa shape index (κ1) is 14.4. The summed E-state index contributed by atoms with van der Waals surface area (Å²) in [7, 11) is 3.51. The Kier molecular flexibility index (Phi) is 5.89. The van der Waals surface area contributed by atoms with Crippen LogP contribution in [0.1, 0.15) is 31.4 Å². The molecule has 0 aliphatic heterocycles. The second kappa shape index (κ2) is 6.94. The van der Waals surface area contributed by atoms with Crippen LogP contribution in [-0.2, 0) is 4.74 Å². The number of hydrogen-bond donors (Lipinski definition) is 1. The van der Waals surface area contributed by atoms with Crippen LogP contribution in [0.25, 0.3) is 0 Å². The monoisotopic (exact) mass is 259 g/mol. The molecular weight excluding hydrogens is 241 g/mol. The van der Waals surface area contributed by atoms with E-state index in [1.54, 1.807) is 19.2 Å². The lowest BCUT2D eigenvalue weighted by molar-refractivity contribution is 0.106. The van der Waals surface area contributed by atoms with Gasteiger partial charge in [-0.3, -0.25) is 0 Å². The molecule has 0 amide bonds. The van der Waals surface area contributed by atoms with E-state index in [0.717, 1.165) is 12.8 Å². The zero-order valence-electron chi connectivity index (χ0n) is 10.5. The first-order valence-electron chi connectivity index (χ1n) is 5.73. The van der Waals surface area contributed by atoms with E-state index in [0.29, 0.717) is 10.6 Å². The van der Waals surface area contributed by atoms with Crippen molar-refractivity contribution in [3.05, 3.63) is 34.6 Å². The summed E-state index contributed by atoms with van der Waals surface area (Å²) in [5.41, 5.74) is 0.653. The number of ether oxygens (including phenoxy) is 1. The van der Waals surface area contributed by atoms with Crippen molar-refractivity contribution in [2.45, 2.75) is 31.9 Å². The maximum absolute atomic E-state index is 13.7. The highest BCUT2D eigenvalue weighted by atomic mass is 35.5. The summed E-state index contributed by atoms with van der Waals surface area (Å²) in [5.74, 6) is -0.262. The molecule has 0 fully saturated rings. The smallest absolute Gasteiger partial charge is 0.129 e. The van der Waals surface area contributed by atoms with Crippen LogP contribution in [-0.4, -0.2) is 20.3 Å². The number of benzene rings is 1. The molecule has 0 aromatic heterocycles. The molecule has 1 rings (SSSR count). The fourth-order valence-corrected chi connectivity index (χ4v) is 1.92. The second-order valence-corrected chi connectivity index (χ2v) is 4.57. The zero-order valence-corrected chi connectivity index (χ0v) is 11.2. The summed E-state index contributed by atoms with van der Waals surface area (Å²) in [6.45, 7) is 2.00. The van der Waals surface area contributed by atoms with E-state index in [1.165, 1.54) is 6.07 Å². The topological polar surface area (TPSA) is 21.3 Å². The van der Waals surface area contributed by atoms with Gasteiger partial charge in [0.05, 0.1) is 6.10 Å². The summed E-state index contributed by atoms with van der Waals surface area (Å²) < 4.78 is 18.9. The lowest BCUT2D eigenvalue weighted by Crippen LogP contribution is -2.19. The van der Waals surface area contributed by atoms with Crippen LogP contribution in [0.15, 0.2) is 18.2 Å². The average Bonchev–Trinajstić information content (AvgIpc) is 2.31. The number of rotatable bonds is 6. The minimum absolute atomic E-state index is 0.00938. The molecule has 1 aromatic carbocycles. The van der Waals surface area contributed by atoms with Gasteiger partial charge in [-0.25, -0.2) is 4.39 Å². The number of methoxy groups -OCH3 is 1. The van der Waals surface area contributed by atoms with E-state index in [-0.39, 0.29) is 18.0 Å². The third-order valence-electron chi connectivity index (χ3n) is 2.95. The van der Waals surface area contributed by atoms with Crippen molar-refractivity contribution in [1.29, 1.82) is 0 Å². The molecule has 0 heterocycles. The van der Waals surface area contributed by atoms with Crippen molar-refractivity contribution in [3.8, 4) is 0 Å². The Bertz CT molecular complexity index is 359. The van der Waals surface area contributed by atoms with Crippen molar-refractivity contribution in [2.75, 3.05) is 14.2 Å². The Balaban J connectivity index is 2.72. The van der Waals surface area contributed by atoms with Crippen LogP contribution in [0.4, 0.5) is 4.39 Å². The van der Waals surface area contributed by atoms with Gasteiger partial charge in [-0.1, -0.05) is 17.7 Å². The predicted octanol–water partition coefficient (Wildman–Crippen LogP) is 3.55. The van der Waals surface area contributed by atoms with Gasteiger partial charge in [0.1, 0.15) is 5.82 Å². The SMILES string of the molecule is CNC(CCC(C)OC)c1ccc(Cl)cc1F. The highest BCUT2D eigenvalue weighted by Crippen LogP contribution is 2.24. The second-order valence-electron chi connectivity index (χ2n) is 4.13. The normalized spacial score (nSPS) is 14.6. The Morgan fingerprint density at radius 1 is 1.41 bits per heavy atom. The molecule has 1 N–H and O–H groups in total. The van der Waals surface area contributed by atoms with E-state index in [2.05, 4.69) is 5.32 Å². The summed E-state index contributed by atoms with van der Waals surface area (Å²) in [4.78, 5) is 0. The van der Waals surface area contributed by atoms with Gasteiger partial charge in [0.25, 0.3) is 0 Å². The fourth-order valence-electron chi connectivity index (χ4n) is 1.76. The number of halogens is 2. The van der Waals surface area contributed by atoms with E-state index < -0.39 is 0 Å². The van der Waals surface area contributed by atoms with Crippen molar-refractivity contribution in [1.82, 2.24) is 5.32 Å². The van der Waals surface area contributed by atoms with Crippen LogP contribution in [0.2, 0.25) is 5.02 Å². The van der Waals surface area contributed by atoms with E-state index in [9.17, 15) is 4.39 Å². The lowest BCUT2D eigenvalue weighted by atomic mass is 10.00. The Morgan fingerprint density at radius 3 is 2.65 bits per heavy atom. The van der Waals surface area contributed by atoms with Gasteiger partial charge in [-0.2, -0.15) is 0 Å². The van der Waals surface area contributed by atoms with E-state index >= 15 is 0 Å². The molecule has 2 unspecified atom stereocenters. The molecule has 17 heavy (non-hydrogen) atoms. The highest BCUT2D eigenvalue weighted by molar-refractivity contribution is 6.30. The first-order valence-corrected chi connectivity index (χ1v) is 6.11. The summed E-state index contributed by atoms with van der Waals surface area (Å²) in [6, 6.07) is 4.78. The molecule has 1 aromatic rings. The van der Waals surface area contributed by atoms with Crippen molar-refractivity contribution < 1.29 is 9.13 Å². The molecule has 0 bridgehead atoms. The standard InChI is InChI=1S/C13H19ClFNO/c1-9(17-3)4-7-13(16-2)11-6-5-10(14)8-12(11)15/h5-6,8-9,13,16H,4,7H2,1-3H3. The van der Waals surface area contributed by atoms with Gasteiger partial charge in [0, 0.05) is 23.7 Å². The van der Waals surface area contributed by atoms with E-state index in [1.807, 2.05) is 14.0 Å². The Hall–Kier alpha value is -0.640. The van der Waals surface area contributed by atoms with E-state index in [4.69, 9.17) is 16.3 Å². The first-order chi connectivity index (χ1) is 8.08. The molecule has 0 saturated heterocycles. The fraction of sp³-hybridized carbons (Fsp3) is 0.538. The molecule has 2 nitrogen and oxygen atoms in total. The molecule has 0 radical (unpaired) electrons. The lowest BCUT2D eigenvalue weighted by Gasteiger charge is -2.19. The van der Waals surface area contributed by atoms with Gasteiger partial charge < -0.3 is 10.1 Å². The summed E-state index contributed by atoms with van der Waals surface area (Å²) in [6.07, 6.45) is 1.88. The highest BCUT2D eigenvalue weighted by Gasteiger charge is 2.15. The van der Waals surface area contributed by atoms with Gasteiger partial charge >= 0.3 is 0 Å². The minimum atomic E-state index is -0.262. The largest absolute Gasteiger partial charge is 0.382 e. The summed E-state index contributed by atoms with van der Waals surface area (Å²) in [5, 5.41) is 3.54. The van der Waals surface area contributed by atoms with Crippen LogP contribution < -0.4 is 5.32 Å². The molecule has 0 spiro atoms. The molecule has 4 heteroatoms. The van der Waals surface area contributed by atoms with Gasteiger partial charge in [0.15, 0.2) is 0 Å². The van der Waals surface area contributed by atoms with Gasteiger partial charge in [0.2, 0.25) is 0 Å². The van der Waals surface area contributed by atoms with Crippen LogP contribution in [0, 0.1) is 5.82 Å². The molecule has 0 saturated carbocycles. The zero-order chi connectivity index (χ0) is 12.8. The van der Waals surface area contributed by atoms with Crippen LogP contribution in [0.5, 0.6) is 0 Å². The molecule has 2 atom stereocenters. The Labute approximate surface area is 107 Å². The molecule has 0 aliphatic carbocycles. The third kappa shape index (κ3) is 4.26. The summed E-state index contributed by atoms with van der Waals surface area (Å²) >= 11 is 5.73. The van der Waals surface area contributed by atoms with Crippen LogP contribution in [0.3, 0.4) is 0 Å². The molecular formula is C13H19ClFNO. The van der Waals surface area contributed by atoms with Gasteiger partial charge in [-0.05, 0) is 38.9 Å². The van der Waals surface area contributed by atoms with Crippen molar-refractivity contribution in [3.63, 3.8) is 0 Å². The number of hydrogen-bond acceptors (Lipinski definition) is 2. The third-order valence-corrected chi connectivity index (χ3v) is 3.19. The van der Waals surface area contributed by atoms with Crippen molar-refractivity contribution >= 4 is 11.6 Å². The maximum atomic E-state index is 13.7. The maximum Gasteiger partial charge on any atom is 0.129 e. The molecule has 0 aliphatic rings. The predicted molar refractivity (Wildman–Crippen MR) is 68.9 cm³/mol. The quantitative estimate of drug-likeness (QED) is 0.844. The van der Waals surface area contributed by atoms with Crippen molar-refractivity contribution in [2.24, 2.45) is 0 Å². The minimum Gasteiger partial charge on any atom is -0.382 e. The van der Waals surface area contributed by atoms with Crippen LogP contribution >= 0.6 is 11.6 Å².